The molecule has 24 heavy (non-hydrogen) atoms. The van der Waals surface area contributed by atoms with Gasteiger partial charge in [0.05, 0.1) is 19.4 Å². The summed E-state index contributed by atoms with van der Waals surface area (Å²) in [6.07, 6.45) is 1.58. The zero-order valence-electron chi connectivity index (χ0n) is 13.7. The lowest BCUT2D eigenvalue weighted by molar-refractivity contribution is -0.119. The zero-order valence-corrected chi connectivity index (χ0v) is 14.4. The number of rotatable bonds is 7. The lowest BCUT2D eigenvalue weighted by Gasteiger charge is -2.09. The highest BCUT2D eigenvalue weighted by Gasteiger charge is 2.04. The van der Waals surface area contributed by atoms with Crippen molar-refractivity contribution in [2.75, 3.05) is 18.5 Å². The molecule has 0 radical (unpaired) electrons. The number of halogens is 1. The van der Waals surface area contributed by atoms with E-state index in [0.29, 0.717) is 11.6 Å². The van der Waals surface area contributed by atoms with Crippen LogP contribution in [0.25, 0.3) is 0 Å². The van der Waals surface area contributed by atoms with Gasteiger partial charge in [0.1, 0.15) is 5.75 Å². The molecule has 2 aromatic carbocycles. The Balaban J connectivity index is 1.81. The molecule has 5 nitrogen and oxygen atoms in total. The number of hydrazone groups is 1. The molecule has 0 heterocycles. The van der Waals surface area contributed by atoms with Gasteiger partial charge in [0.2, 0.25) is 0 Å². The number of benzene rings is 2. The molecule has 0 fully saturated rings. The van der Waals surface area contributed by atoms with Gasteiger partial charge in [-0.25, -0.2) is 5.43 Å². The summed E-state index contributed by atoms with van der Waals surface area (Å²) >= 11 is 6.04. The maximum absolute atomic E-state index is 11.8. The van der Waals surface area contributed by atoms with Crippen LogP contribution < -0.4 is 15.5 Å². The summed E-state index contributed by atoms with van der Waals surface area (Å²) < 4.78 is 5.36. The highest BCUT2D eigenvalue weighted by atomic mass is 35.5. The van der Waals surface area contributed by atoms with Crippen LogP contribution in [0.1, 0.15) is 18.1 Å². The predicted molar refractivity (Wildman–Crippen MR) is 98.0 cm³/mol. The number of nitrogens with one attached hydrogen (secondary N) is 2. The van der Waals surface area contributed by atoms with E-state index in [4.69, 9.17) is 16.3 Å². The molecule has 126 valence electrons. The third-order valence-corrected chi connectivity index (χ3v) is 3.71. The predicted octanol–water partition coefficient (Wildman–Crippen LogP) is 3.61. The lowest BCUT2D eigenvalue weighted by atomic mass is 10.2. The van der Waals surface area contributed by atoms with Gasteiger partial charge in [-0.1, -0.05) is 17.7 Å². The Labute approximate surface area is 146 Å². The molecule has 0 atom stereocenters. The summed E-state index contributed by atoms with van der Waals surface area (Å²) in [6.45, 7) is 4.57. The number of anilines is 1. The Morgan fingerprint density at radius 3 is 2.71 bits per heavy atom. The fraction of sp³-hybridized carbons (Fsp3) is 0.222. The summed E-state index contributed by atoms with van der Waals surface area (Å²) in [4.78, 5) is 11.8. The Morgan fingerprint density at radius 2 is 2.00 bits per heavy atom. The van der Waals surface area contributed by atoms with Gasteiger partial charge in [-0.2, -0.15) is 5.10 Å². The second-order valence-electron chi connectivity index (χ2n) is 5.06. The average Bonchev–Trinajstić information content (AvgIpc) is 2.58. The largest absolute Gasteiger partial charge is 0.494 e. The Bertz CT molecular complexity index is 715. The van der Waals surface area contributed by atoms with Crippen molar-refractivity contribution in [3.05, 3.63) is 58.6 Å². The van der Waals surface area contributed by atoms with Crippen LogP contribution in [-0.4, -0.2) is 25.3 Å². The van der Waals surface area contributed by atoms with Gasteiger partial charge in [0.25, 0.3) is 5.91 Å². The normalized spacial score (nSPS) is 10.6. The van der Waals surface area contributed by atoms with Crippen molar-refractivity contribution in [1.82, 2.24) is 5.43 Å². The molecule has 0 saturated heterocycles. The summed E-state index contributed by atoms with van der Waals surface area (Å²) in [5.74, 6) is 0.566. The fourth-order valence-corrected chi connectivity index (χ4v) is 2.18. The van der Waals surface area contributed by atoms with Gasteiger partial charge >= 0.3 is 0 Å². The quantitative estimate of drug-likeness (QED) is 0.595. The van der Waals surface area contributed by atoms with E-state index in [-0.39, 0.29) is 12.5 Å². The van der Waals surface area contributed by atoms with Crippen molar-refractivity contribution in [2.24, 2.45) is 5.10 Å². The van der Waals surface area contributed by atoms with E-state index < -0.39 is 0 Å². The van der Waals surface area contributed by atoms with Gasteiger partial charge in [0, 0.05) is 10.7 Å². The van der Waals surface area contributed by atoms with Crippen LogP contribution in [0.5, 0.6) is 5.75 Å². The number of hydrogen-bond acceptors (Lipinski definition) is 4. The van der Waals surface area contributed by atoms with Gasteiger partial charge in [-0.15, -0.1) is 0 Å². The molecular weight excluding hydrogens is 326 g/mol. The first-order valence-corrected chi connectivity index (χ1v) is 8.01. The summed E-state index contributed by atoms with van der Waals surface area (Å²) in [5.41, 5.74) is 5.09. The van der Waals surface area contributed by atoms with Gasteiger partial charge < -0.3 is 10.1 Å². The Hall–Kier alpha value is -2.53. The van der Waals surface area contributed by atoms with Crippen molar-refractivity contribution in [3.63, 3.8) is 0 Å². The van der Waals surface area contributed by atoms with E-state index in [9.17, 15) is 4.79 Å². The topological polar surface area (TPSA) is 62.7 Å². The van der Waals surface area contributed by atoms with Gasteiger partial charge in [-0.05, 0) is 61.4 Å². The molecular formula is C18H20ClN3O2. The molecule has 0 aliphatic heterocycles. The highest BCUT2D eigenvalue weighted by Crippen LogP contribution is 2.22. The molecule has 2 N–H and O–H groups in total. The monoisotopic (exact) mass is 345 g/mol. The number of amides is 1. The van der Waals surface area contributed by atoms with Crippen molar-refractivity contribution < 1.29 is 9.53 Å². The highest BCUT2D eigenvalue weighted by molar-refractivity contribution is 6.31. The Morgan fingerprint density at radius 1 is 1.25 bits per heavy atom. The van der Waals surface area contributed by atoms with Crippen LogP contribution >= 0.6 is 11.6 Å². The lowest BCUT2D eigenvalue weighted by Crippen LogP contribution is -2.26. The van der Waals surface area contributed by atoms with E-state index in [1.54, 1.807) is 6.21 Å². The van der Waals surface area contributed by atoms with Crippen LogP contribution in [0.4, 0.5) is 5.69 Å². The van der Waals surface area contributed by atoms with Crippen LogP contribution in [-0.2, 0) is 4.79 Å². The maximum Gasteiger partial charge on any atom is 0.259 e. The van der Waals surface area contributed by atoms with Crippen molar-refractivity contribution in [3.8, 4) is 5.75 Å². The molecule has 1 amide bonds. The molecule has 2 rings (SSSR count). The van der Waals surface area contributed by atoms with Crippen LogP contribution in [0.15, 0.2) is 47.6 Å². The summed E-state index contributed by atoms with van der Waals surface area (Å²) in [7, 11) is 0. The average molecular weight is 346 g/mol. The number of hydrogen-bond donors (Lipinski definition) is 2. The summed E-state index contributed by atoms with van der Waals surface area (Å²) in [6, 6.07) is 13.0. The van der Waals surface area contributed by atoms with Crippen molar-refractivity contribution in [2.45, 2.75) is 13.8 Å². The second kappa shape index (κ2) is 8.93. The molecule has 0 bridgehead atoms. The van der Waals surface area contributed by atoms with E-state index in [2.05, 4.69) is 15.8 Å². The SMILES string of the molecule is CCOc1ccc(/C=N\NC(=O)CNc2cccc(Cl)c2C)cc1. The first-order chi connectivity index (χ1) is 11.6. The van der Waals surface area contributed by atoms with Crippen LogP contribution in [0.3, 0.4) is 0 Å². The molecule has 2 aromatic rings. The van der Waals surface area contributed by atoms with Crippen LogP contribution in [0.2, 0.25) is 5.02 Å². The standard InChI is InChI=1S/C18H20ClN3O2/c1-3-24-15-9-7-14(8-10-15)11-21-22-18(23)12-20-17-6-4-5-16(19)13(17)2/h4-11,20H,3,12H2,1-2H3,(H,22,23)/b21-11-. The third kappa shape index (κ3) is 5.28. The molecule has 0 unspecified atom stereocenters. The minimum Gasteiger partial charge on any atom is -0.494 e. The molecule has 0 aliphatic carbocycles. The van der Waals surface area contributed by atoms with Crippen LogP contribution in [0, 0.1) is 6.92 Å². The smallest absolute Gasteiger partial charge is 0.259 e. The third-order valence-electron chi connectivity index (χ3n) is 3.30. The number of carbonyl (C=O) groups excluding carboxylic acids is 1. The van der Waals surface area contributed by atoms with Crippen molar-refractivity contribution in [1.29, 1.82) is 0 Å². The fourth-order valence-electron chi connectivity index (χ4n) is 2.01. The Kier molecular flexibility index (Phi) is 6.63. The first kappa shape index (κ1) is 17.8. The number of carbonyl (C=O) groups is 1. The van der Waals surface area contributed by atoms with E-state index in [1.165, 1.54) is 0 Å². The maximum atomic E-state index is 11.8. The first-order valence-electron chi connectivity index (χ1n) is 7.64. The van der Waals surface area contributed by atoms with Gasteiger partial charge in [-0.3, -0.25) is 4.79 Å². The molecule has 0 spiro atoms. The minimum absolute atomic E-state index is 0.113. The molecule has 0 saturated carbocycles. The second-order valence-corrected chi connectivity index (χ2v) is 5.47. The van der Waals surface area contributed by atoms with Crippen molar-refractivity contribution >= 4 is 29.4 Å². The van der Waals surface area contributed by atoms with E-state index >= 15 is 0 Å². The molecule has 0 aromatic heterocycles. The zero-order chi connectivity index (χ0) is 17.4. The van der Waals surface area contributed by atoms with E-state index in [0.717, 1.165) is 22.6 Å². The molecule has 6 heteroatoms. The summed E-state index contributed by atoms with van der Waals surface area (Å²) in [5, 5.41) is 7.64. The number of ether oxygens (including phenoxy) is 1. The number of nitrogens with zero attached hydrogens (tertiary/aromatic N) is 1. The molecule has 0 aliphatic rings. The van der Waals surface area contributed by atoms with E-state index in [1.807, 2.05) is 56.3 Å². The van der Waals surface area contributed by atoms with Gasteiger partial charge in [0.15, 0.2) is 0 Å². The minimum atomic E-state index is -0.239.